The topological polar surface area (TPSA) is 72.5 Å². The van der Waals surface area contributed by atoms with Crippen LogP contribution in [0, 0.1) is 5.92 Å². The van der Waals surface area contributed by atoms with Crippen LogP contribution in [0.3, 0.4) is 0 Å². The smallest absolute Gasteiger partial charge is 0.327 e. The molecule has 0 rings (SSSR count). The summed E-state index contributed by atoms with van der Waals surface area (Å²) in [5.74, 6) is 4.38. The maximum atomic E-state index is 11.3. The fraction of sp³-hybridized carbons (Fsp3) is 0.909. The maximum Gasteiger partial charge on any atom is 0.327 e. The molecule has 0 spiro atoms. The van der Waals surface area contributed by atoms with Crippen molar-refractivity contribution in [2.24, 2.45) is 11.8 Å². The van der Waals surface area contributed by atoms with Gasteiger partial charge in [-0.1, -0.05) is 32.6 Å². The lowest BCUT2D eigenvalue weighted by molar-refractivity contribution is -0.149. The third-order valence-electron chi connectivity index (χ3n) is 2.57. The van der Waals surface area contributed by atoms with E-state index in [2.05, 4.69) is 11.8 Å². The van der Waals surface area contributed by atoms with E-state index in [1.54, 1.807) is 0 Å². The van der Waals surface area contributed by atoms with E-state index in [1.165, 1.54) is 12.8 Å². The van der Waals surface area contributed by atoms with Crippen molar-refractivity contribution in [2.75, 3.05) is 6.61 Å². The Kier molecular flexibility index (Phi) is 9.52. The van der Waals surface area contributed by atoms with Crippen molar-refractivity contribution in [2.45, 2.75) is 51.9 Å². The number of aliphatic hydroxyl groups is 1. The summed E-state index contributed by atoms with van der Waals surface area (Å²) < 4.78 is 0. The molecule has 0 fully saturated rings. The fourth-order valence-corrected chi connectivity index (χ4v) is 1.63. The van der Waals surface area contributed by atoms with Crippen LogP contribution in [-0.2, 0) is 9.63 Å². The summed E-state index contributed by atoms with van der Waals surface area (Å²) in [4.78, 5) is 15.5. The molecule has 4 nitrogen and oxygen atoms in total. The Morgan fingerprint density at radius 3 is 2.47 bits per heavy atom. The number of carbonyl (C=O) groups is 1. The molecule has 0 aliphatic carbocycles. The molecule has 0 heterocycles. The average molecular weight is 217 g/mol. The Morgan fingerprint density at radius 2 is 1.93 bits per heavy atom. The second-order valence-electron chi connectivity index (χ2n) is 3.85. The molecule has 3 N–H and O–H groups in total. The molecule has 0 saturated heterocycles. The molecule has 0 amide bonds. The first-order valence-electron chi connectivity index (χ1n) is 5.77. The van der Waals surface area contributed by atoms with Crippen LogP contribution in [0.5, 0.6) is 0 Å². The Labute approximate surface area is 91.8 Å². The highest BCUT2D eigenvalue weighted by Gasteiger charge is 2.18. The van der Waals surface area contributed by atoms with Gasteiger partial charge in [0.1, 0.15) is 0 Å². The molecule has 0 aromatic carbocycles. The Bertz CT molecular complexity index is 162. The molecule has 0 aliphatic rings. The largest absolute Gasteiger partial charge is 0.396 e. The summed E-state index contributed by atoms with van der Waals surface area (Å²) in [6.07, 6.45) is 6.66. The second-order valence-corrected chi connectivity index (χ2v) is 3.85. The van der Waals surface area contributed by atoms with Crippen LogP contribution in [0.2, 0.25) is 0 Å². The van der Waals surface area contributed by atoms with Gasteiger partial charge in [0.15, 0.2) is 0 Å². The van der Waals surface area contributed by atoms with Gasteiger partial charge in [-0.2, -0.15) is 5.90 Å². The van der Waals surface area contributed by atoms with Gasteiger partial charge < -0.3 is 9.94 Å². The van der Waals surface area contributed by atoms with Crippen LogP contribution in [-0.4, -0.2) is 17.7 Å². The van der Waals surface area contributed by atoms with E-state index in [9.17, 15) is 4.79 Å². The summed E-state index contributed by atoms with van der Waals surface area (Å²) in [6, 6.07) is 0. The first kappa shape index (κ1) is 14.4. The van der Waals surface area contributed by atoms with Gasteiger partial charge in [-0.05, 0) is 19.3 Å². The Balaban J connectivity index is 3.74. The summed E-state index contributed by atoms with van der Waals surface area (Å²) in [5.41, 5.74) is 0. The minimum Gasteiger partial charge on any atom is -0.396 e. The minimum atomic E-state index is -0.347. The second kappa shape index (κ2) is 9.93. The summed E-state index contributed by atoms with van der Waals surface area (Å²) in [7, 11) is 0. The molecule has 1 unspecified atom stereocenters. The van der Waals surface area contributed by atoms with Crippen molar-refractivity contribution in [3.63, 3.8) is 0 Å². The average Bonchev–Trinajstić information content (AvgIpc) is 2.27. The molecular formula is C11H23NO3. The van der Waals surface area contributed by atoms with E-state index < -0.39 is 0 Å². The number of rotatable bonds is 9. The Hall–Kier alpha value is -0.610. The van der Waals surface area contributed by atoms with Crippen molar-refractivity contribution in [3.8, 4) is 0 Å². The normalized spacial score (nSPS) is 12.5. The van der Waals surface area contributed by atoms with Crippen LogP contribution in [0.4, 0.5) is 0 Å². The molecular weight excluding hydrogens is 194 g/mol. The van der Waals surface area contributed by atoms with E-state index in [-0.39, 0.29) is 18.5 Å². The monoisotopic (exact) mass is 217 g/mol. The van der Waals surface area contributed by atoms with Gasteiger partial charge >= 0.3 is 5.97 Å². The van der Waals surface area contributed by atoms with Crippen LogP contribution in [0.15, 0.2) is 0 Å². The van der Waals surface area contributed by atoms with Gasteiger partial charge in [0, 0.05) is 6.61 Å². The highest BCUT2D eigenvalue weighted by atomic mass is 16.7. The number of carbonyl (C=O) groups excluding carboxylic acids is 1. The SMILES string of the molecule is CCCCCCC(CCCO)C(=O)ON. The zero-order valence-corrected chi connectivity index (χ0v) is 9.58. The van der Waals surface area contributed by atoms with Gasteiger partial charge in [0.2, 0.25) is 0 Å². The third kappa shape index (κ3) is 7.33. The summed E-state index contributed by atoms with van der Waals surface area (Å²) in [6.45, 7) is 2.26. The number of aliphatic hydroxyl groups excluding tert-OH is 1. The van der Waals surface area contributed by atoms with Gasteiger partial charge in [0.25, 0.3) is 0 Å². The highest BCUT2D eigenvalue weighted by Crippen LogP contribution is 2.17. The minimum absolute atomic E-state index is 0.114. The van der Waals surface area contributed by atoms with Crippen LogP contribution < -0.4 is 5.90 Å². The van der Waals surface area contributed by atoms with E-state index in [4.69, 9.17) is 11.0 Å². The molecule has 1 atom stereocenters. The van der Waals surface area contributed by atoms with Gasteiger partial charge in [-0.15, -0.1) is 0 Å². The zero-order valence-electron chi connectivity index (χ0n) is 9.58. The Morgan fingerprint density at radius 1 is 1.27 bits per heavy atom. The number of nitrogens with two attached hydrogens (primary N) is 1. The molecule has 4 heteroatoms. The zero-order chi connectivity index (χ0) is 11.5. The van der Waals surface area contributed by atoms with Crippen molar-refractivity contribution in [1.82, 2.24) is 0 Å². The lowest BCUT2D eigenvalue weighted by atomic mass is 9.96. The van der Waals surface area contributed by atoms with Crippen molar-refractivity contribution in [1.29, 1.82) is 0 Å². The predicted molar refractivity (Wildman–Crippen MR) is 58.8 cm³/mol. The van der Waals surface area contributed by atoms with Gasteiger partial charge in [-0.3, -0.25) is 4.79 Å². The molecule has 0 aliphatic heterocycles. The molecule has 0 bridgehead atoms. The van der Waals surface area contributed by atoms with Gasteiger partial charge in [-0.25, -0.2) is 0 Å². The molecule has 90 valence electrons. The molecule has 0 saturated carbocycles. The standard InChI is InChI=1S/C11H23NO3/c1-2-3-4-5-7-10(8-6-9-13)11(14)15-12/h10,13H,2-9,12H2,1H3. The van der Waals surface area contributed by atoms with Crippen molar-refractivity contribution >= 4 is 5.97 Å². The predicted octanol–water partition coefficient (Wildman–Crippen LogP) is 1.76. The molecule has 0 radical (unpaired) electrons. The number of hydrogen-bond donors (Lipinski definition) is 2. The van der Waals surface area contributed by atoms with Crippen LogP contribution in [0.1, 0.15) is 51.9 Å². The van der Waals surface area contributed by atoms with E-state index in [0.29, 0.717) is 12.8 Å². The number of unbranched alkanes of at least 4 members (excludes halogenated alkanes) is 3. The molecule has 0 aromatic heterocycles. The highest BCUT2D eigenvalue weighted by molar-refractivity contribution is 5.71. The maximum absolute atomic E-state index is 11.3. The van der Waals surface area contributed by atoms with Gasteiger partial charge in [0.05, 0.1) is 5.92 Å². The van der Waals surface area contributed by atoms with Crippen LogP contribution in [0.25, 0.3) is 0 Å². The lowest BCUT2D eigenvalue weighted by Crippen LogP contribution is -2.21. The molecule has 15 heavy (non-hydrogen) atoms. The first-order valence-corrected chi connectivity index (χ1v) is 5.77. The number of hydrogen-bond acceptors (Lipinski definition) is 4. The fourth-order valence-electron chi connectivity index (χ4n) is 1.63. The van der Waals surface area contributed by atoms with Crippen LogP contribution >= 0.6 is 0 Å². The van der Waals surface area contributed by atoms with E-state index >= 15 is 0 Å². The quantitative estimate of drug-likeness (QED) is 0.456. The van der Waals surface area contributed by atoms with Crippen molar-refractivity contribution in [3.05, 3.63) is 0 Å². The summed E-state index contributed by atoms with van der Waals surface area (Å²) in [5, 5.41) is 8.70. The summed E-state index contributed by atoms with van der Waals surface area (Å²) >= 11 is 0. The molecule has 0 aromatic rings. The van der Waals surface area contributed by atoms with Crippen molar-refractivity contribution < 1.29 is 14.7 Å². The third-order valence-corrected chi connectivity index (χ3v) is 2.57. The van der Waals surface area contributed by atoms with E-state index in [0.717, 1.165) is 19.3 Å². The first-order chi connectivity index (χ1) is 7.26. The lowest BCUT2D eigenvalue weighted by Gasteiger charge is -2.12. The van der Waals surface area contributed by atoms with E-state index in [1.807, 2.05) is 0 Å².